The van der Waals surface area contributed by atoms with Crippen molar-refractivity contribution in [2.24, 2.45) is 0 Å². The van der Waals surface area contributed by atoms with Gasteiger partial charge in [-0.1, -0.05) is 38.2 Å². The minimum absolute atomic E-state index is 0.480. The van der Waals surface area contributed by atoms with Gasteiger partial charge in [0.05, 0.1) is 0 Å². The third-order valence-corrected chi connectivity index (χ3v) is 3.64. The first-order valence-electron chi connectivity index (χ1n) is 6.56. The van der Waals surface area contributed by atoms with Crippen LogP contribution in [-0.2, 0) is 0 Å². The molecule has 0 fully saturated rings. The second-order valence-corrected chi connectivity index (χ2v) is 5.18. The van der Waals surface area contributed by atoms with Gasteiger partial charge in [0.15, 0.2) is 0 Å². The van der Waals surface area contributed by atoms with Crippen LogP contribution in [0.3, 0.4) is 0 Å². The van der Waals surface area contributed by atoms with Crippen LogP contribution in [0.25, 0.3) is 11.0 Å². The first kappa shape index (κ1) is 11.3. The average Bonchev–Trinajstić information content (AvgIpc) is 2.83. The lowest BCUT2D eigenvalue weighted by atomic mass is 9.88. The Balaban J connectivity index is 2.18. The zero-order valence-corrected chi connectivity index (χ0v) is 10.9. The van der Waals surface area contributed by atoms with E-state index in [1.165, 1.54) is 16.5 Å². The second kappa shape index (κ2) is 4.45. The summed E-state index contributed by atoms with van der Waals surface area (Å²) in [7, 11) is 0. The first-order valence-corrected chi connectivity index (χ1v) is 6.56. The Morgan fingerprint density at radius 2 is 2.22 bits per heavy atom. The molecule has 0 spiro atoms. The Labute approximate surface area is 107 Å². The number of aromatic amines is 1. The Hall–Kier alpha value is -1.83. The molecule has 1 atom stereocenters. The smallest absolute Gasteiger partial charge is 0.137 e. The van der Waals surface area contributed by atoms with Crippen molar-refractivity contribution >= 4 is 11.0 Å². The van der Waals surface area contributed by atoms with Crippen LogP contribution in [0, 0.1) is 0 Å². The lowest BCUT2D eigenvalue weighted by Gasteiger charge is -2.16. The van der Waals surface area contributed by atoms with Gasteiger partial charge in [-0.25, -0.2) is 4.98 Å². The molecule has 2 aromatic rings. The van der Waals surface area contributed by atoms with Gasteiger partial charge in [0.1, 0.15) is 5.65 Å². The maximum atomic E-state index is 4.44. The molecule has 2 heteroatoms. The molecular formula is C16H18N2. The van der Waals surface area contributed by atoms with Gasteiger partial charge in [-0.05, 0) is 29.5 Å². The fraction of sp³-hybridized carbons (Fsp3) is 0.312. The summed E-state index contributed by atoms with van der Waals surface area (Å²) in [5.74, 6) is 0.999. The Kier molecular flexibility index (Phi) is 2.78. The summed E-state index contributed by atoms with van der Waals surface area (Å²) in [4.78, 5) is 7.74. The highest BCUT2D eigenvalue weighted by atomic mass is 14.8. The summed E-state index contributed by atoms with van der Waals surface area (Å²) in [6.07, 6.45) is 13.9. The monoisotopic (exact) mass is 238 g/mol. The standard InChI is InChI=1S/C16H18N2/c1-11(2)14-10-18-16-15(14)13(8-9-17-16)12-6-4-3-5-7-12/h3-6,8-12H,7H2,1-2H3,(H,17,18). The summed E-state index contributed by atoms with van der Waals surface area (Å²) in [6.45, 7) is 4.46. The Bertz CT molecular complexity index is 617. The van der Waals surface area contributed by atoms with Crippen molar-refractivity contribution in [3.8, 4) is 0 Å². The minimum atomic E-state index is 0.480. The maximum Gasteiger partial charge on any atom is 0.137 e. The van der Waals surface area contributed by atoms with E-state index in [1.54, 1.807) is 0 Å². The van der Waals surface area contributed by atoms with Crippen molar-refractivity contribution in [1.29, 1.82) is 0 Å². The summed E-state index contributed by atoms with van der Waals surface area (Å²) in [5, 5.41) is 1.32. The predicted octanol–water partition coefficient (Wildman–Crippen LogP) is 4.29. The first-order chi connectivity index (χ1) is 8.77. The molecule has 2 heterocycles. The van der Waals surface area contributed by atoms with Crippen LogP contribution in [0.15, 0.2) is 42.8 Å². The molecular weight excluding hydrogens is 220 g/mol. The van der Waals surface area contributed by atoms with Crippen molar-refractivity contribution < 1.29 is 0 Å². The van der Waals surface area contributed by atoms with E-state index in [0.717, 1.165) is 12.1 Å². The van der Waals surface area contributed by atoms with Crippen LogP contribution in [0.2, 0.25) is 0 Å². The number of fused-ring (bicyclic) bond motifs is 1. The van der Waals surface area contributed by atoms with Crippen LogP contribution in [-0.4, -0.2) is 9.97 Å². The molecule has 3 rings (SSSR count). The molecule has 0 aliphatic heterocycles. The average molecular weight is 238 g/mol. The van der Waals surface area contributed by atoms with Crippen LogP contribution in [0.1, 0.15) is 43.2 Å². The van der Waals surface area contributed by atoms with Gasteiger partial charge in [0.2, 0.25) is 0 Å². The molecule has 2 aromatic heterocycles. The second-order valence-electron chi connectivity index (χ2n) is 5.18. The van der Waals surface area contributed by atoms with Crippen molar-refractivity contribution in [2.75, 3.05) is 0 Å². The van der Waals surface area contributed by atoms with Gasteiger partial charge in [0.25, 0.3) is 0 Å². The molecule has 1 aliphatic rings. The predicted molar refractivity (Wildman–Crippen MR) is 75.8 cm³/mol. The lowest BCUT2D eigenvalue weighted by Crippen LogP contribution is -1.99. The molecule has 92 valence electrons. The van der Waals surface area contributed by atoms with E-state index < -0.39 is 0 Å². The SMILES string of the molecule is CC(C)c1c[nH]c2nccc(C3C=CC=CC3)c12. The van der Waals surface area contributed by atoms with Crippen molar-refractivity contribution in [3.63, 3.8) is 0 Å². The number of nitrogens with zero attached hydrogens (tertiary/aromatic N) is 1. The zero-order valence-electron chi connectivity index (χ0n) is 10.9. The highest BCUT2D eigenvalue weighted by molar-refractivity contribution is 5.84. The number of pyridine rings is 1. The number of hydrogen-bond acceptors (Lipinski definition) is 1. The van der Waals surface area contributed by atoms with E-state index in [9.17, 15) is 0 Å². The molecule has 0 radical (unpaired) electrons. The van der Waals surface area contributed by atoms with E-state index in [0.29, 0.717) is 11.8 Å². The van der Waals surface area contributed by atoms with E-state index in [1.807, 2.05) is 6.20 Å². The molecule has 1 unspecified atom stereocenters. The molecule has 2 nitrogen and oxygen atoms in total. The minimum Gasteiger partial charge on any atom is -0.346 e. The van der Waals surface area contributed by atoms with Crippen molar-refractivity contribution in [2.45, 2.75) is 32.1 Å². The van der Waals surface area contributed by atoms with E-state index >= 15 is 0 Å². The maximum absolute atomic E-state index is 4.44. The summed E-state index contributed by atoms with van der Waals surface area (Å²) in [6, 6.07) is 2.16. The fourth-order valence-corrected chi connectivity index (χ4v) is 2.68. The fourth-order valence-electron chi connectivity index (χ4n) is 2.68. The summed E-state index contributed by atoms with van der Waals surface area (Å²) >= 11 is 0. The lowest BCUT2D eigenvalue weighted by molar-refractivity contribution is 0.847. The van der Waals surface area contributed by atoms with Crippen molar-refractivity contribution in [3.05, 3.63) is 53.9 Å². The van der Waals surface area contributed by atoms with Crippen LogP contribution >= 0.6 is 0 Å². The number of nitrogens with one attached hydrogen (secondary N) is 1. The van der Waals surface area contributed by atoms with Gasteiger partial charge >= 0.3 is 0 Å². The summed E-state index contributed by atoms with van der Waals surface area (Å²) in [5.41, 5.74) is 3.78. The normalized spacial score (nSPS) is 18.9. The molecule has 0 bridgehead atoms. The molecule has 1 N–H and O–H groups in total. The number of hydrogen-bond donors (Lipinski definition) is 1. The van der Waals surface area contributed by atoms with E-state index in [-0.39, 0.29) is 0 Å². The van der Waals surface area contributed by atoms with E-state index in [4.69, 9.17) is 0 Å². The third kappa shape index (κ3) is 1.78. The zero-order chi connectivity index (χ0) is 12.5. The molecule has 18 heavy (non-hydrogen) atoms. The van der Waals surface area contributed by atoms with Gasteiger partial charge in [-0.15, -0.1) is 0 Å². The summed E-state index contributed by atoms with van der Waals surface area (Å²) < 4.78 is 0. The van der Waals surface area contributed by atoms with E-state index in [2.05, 4.69) is 60.4 Å². The van der Waals surface area contributed by atoms with Crippen LogP contribution < -0.4 is 0 Å². The number of allylic oxidation sites excluding steroid dienone is 4. The van der Waals surface area contributed by atoms with Gasteiger partial charge in [-0.2, -0.15) is 0 Å². The Morgan fingerprint density at radius 1 is 1.33 bits per heavy atom. The number of rotatable bonds is 2. The van der Waals surface area contributed by atoms with Gasteiger partial charge < -0.3 is 4.98 Å². The number of H-pyrrole nitrogens is 1. The van der Waals surface area contributed by atoms with Crippen LogP contribution in [0.5, 0.6) is 0 Å². The van der Waals surface area contributed by atoms with Crippen LogP contribution in [0.4, 0.5) is 0 Å². The Morgan fingerprint density at radius 3 is 2.94 bits per heavy atom. The topological polar surface area (TPSA) is 28.7 Å². The third-order valence-electron chi connectivity index (χ3n) is 3.64. The molecule has 0 aromatic carbocycles. The van der Waals surface area contributed by atoms with Gasteiger partial charge in [-0.3, -0.25) is 0 Å². The molecule has 1 aliphatic carbocycles. The largest absolute Gasteiger partial charge is 0.346 e. The highest BCUT2D eigenvalue weighted by Gasteiger charge is 2.17. The number of aromatic nitrogens is 2. The molecule has 0 saturated carbocycles. The highest BCUT2D eigenvalue weighted by Crippen LogP contribution is 2.34. The molecule has 0 amide bonds. The molecule has 0 saturated heterocycles. The van der Waals surface area contributed by atoms with Crippen molar-refractivity contribution in [1.82, 2.24) is 9.97 Å². The van der Waals surface area contributed by atoms with Gasteiger partial charge in [0, 0.05) is 23.7 Å². The quantitative estimate of drug-likeness (QED) is 0.830.